The quantitative estimate of drug-likeness (QED) is 0.747. The number of hydrogen-bond donors (Lipinski definition) is 2. The van der Waals surface area contributed by atoms with Crippen molar-refractivity contribution >= 4 is 17.7 Å². The number of thioether (sulfide) groups is 1. The molecule has 0 spiro atoms. The van der Waals surface area contributed by atoms with Crippen molar-refractivity contribution in [2.75, 3.05) is 5.75 Å². The Bertz CT molecular complexity index is 423. The summed E-state index contributed by atoms with van der Waals surface area (Å²) >= 11 is 1.48. The van der Waals surface area contributed by atoms with Crippen LogP contribution in [0, 0.1) is 5.82 Å². The Morgan fingerprint density at radius 2 is 2.33 bits per heavy atom. The SMILES string of the molecule is O=C(O)C(CCSc1cccc(F)c1)NC1CC1. The molecule has 0 heterocycles. The molecule has 3 nitrogen and oxygen atoms in total. The van der Waals surface area contributed by atoms with Crippen LogP contribution in [0.4, 0.5) is 4.39 Å². The molecule has 1 fully saturated rings. The highest BCUT2D eigenvalue weighted by Gasteiger charge is 2.27. The van der Waals surface area contributed by atoms with Crippen LogP contribution in [0.1, 0.15) is 19.3 Å². The molecular weight excluding hydrogens is 253 g/mol. The summed E-state index contributed by atoms with van der Waals surface area (Å²) in [5.74, 6) is -0.396. The molecule has 5 heteroatoms. The van der Waals surface area contributed by atoms with Crippen LogP contribution in [-0.4, -0.2) is 28.9 Å². The van der Waals surface area contributed by atoms with Gasteiger partial charge in [0.2, 0.25) is 0 Å². The largest absolute Gasteiger partial charge is 0.480 e. The number of carboxylic acid groups (broad SMARTS) is 1. The van der Waals surface area contributed by atoms with Crippen molar-refractivity contribution in [1.29, 1.82) is 0 Å². The molecule has 2 rings (SSSR count). The monoisotopic (exact) mass is 269 g/mol. The van der Waals surface area contributed by atoms with Gasteiger partial charge in [-0.1, -0.05) is 6.07 Å². The summed E-state index contributed by atoms with van der Waals surface area (Å²) < 4.78 is 12.9. The van der Waals surface area contributed by atoms with Crippen molar-refractivity contribution in [2.45, 2.75) is 36.2 Å². The number of benzene rings is 1. The predicted molar refractivity (Wildman–Crippen MR) is 69.3 cm³/mol. The average Bonchev–Trinajstić information content (AvgIpc) is 3.11. The molecule has 1 aliphatic rings. The van der Waals surface area contributed by atoms with Crippen molar-refractivity contribution in [1.82, 2.24) is 5.32 Å². The minimum Gasteiger partial charge on any atom is -0.480 e. The van der Waals surface area contributed by atoms with E-state index < -0.39 is 12.0 Å². The van der Waals surface area contributed by atoms with Crippen molar-refractivity contribution in [3.63, 3.8) is 0 Å². The molecule has 0 bridgehead atoms. The van der Waals surface area contributed by atoms with Gasteiger partial charge in [0.25, 0.3) is 0 Å². The average molecular weight is 269 g/mol. The third kappa shape index (κ3) is 4.31. The van der Waals surface area contributed by atoms with Gasteiger partial charge in [-0.25, -0.2) is 4.39 Å². The highest BCUT2D eigenvalue weighted by Crippen LogP contribution is 2.22. The van der Waals surface area contributed by atoms with E-state index in [0.29, 0.717) is 18.2 Å². The number of carbonyl (C=O) groups is 1. The van der Waals surface area contributed by atoms with Crippen LogP contribution < -0.4 is 5.32 Å². The zero-order valence-corrected chi connectivity index (χ0v) is 10.8. The fraction of sp³-hybridized carbons (Fsp3) is 0.462. The van der Waals surface area contributed by atoms with Gasteiger partial charge in [-0.3, -0.25) is 4.79 Å². The maximum Gasteiger partial charge on any atom is 0.320 e. The second-order valence-corrected chi connectivity index (χ2v) is 5.59. The number of rotatable bonds is 7. The molecule has 0 saturated heterocycles. The Morgan fingerprint density at radius 3 is 2.94 bits per heavy atom. The van der Waals surface area contributed by atoms with E-state index in [1.54, 1.807) is 6.07 Å². The van der Waals surface area contributed by atoms with Gasteiger partial charge in [0.15, 0.2) is 0 Å². The Balaban J connectivity index is 1.77. The van der Waals surface area contributed by atoms with Gasteiger partial charge in [-0.2, -0.15) is 0 Å². The molecule has 1 aromatic rings. The second-order valence-electron chi connectivity index (χ2n) is 4.43. The van der Waals surface area contributed by atoms with Crippen molar-refractivity contribution in [3.05, 3.63) is 30.1 Å². The Hall–Kier alpha value is -1.07. The Labute approximate surface area is 110 Å². The fourth-order valence-corrected chi connectivity index (χ4v) is 2.62. The Morgan fingerprint density at radius 1 is 1.56 bits per heavy atom. The van der Waals surface area contributed by atoms with E-state index in [4.69, 9.17) is 5.11 Å². The summed E-state index contributed by atoms with van der Waals surface area (Å²) in [5, 5.41) is 12.2. The van der Waals surface area contributed by atoms with E-state index >= 15 is 0 Å². The lowest BCUT2D eigenvalue weighted by atomic mass is 10.2. The smallest absolute Gasteiger partial charge is 0.320 e. The molecule has 0 radical (unpaired) electrons. The molecule has 1 saturated carbocycles. The number of nitrogens with one attached hydrogen (secondary N) is 1. The summed E-state index contributed by atoms with van der Waals surface area (Å²) in [6.07, 6.45) is 2.69. The summed E-state index contributed by atoms with van der Waals surface area (Å²) in [7, 11) is 0. The van der Waals surface area contributed by atoms with Gasteiger partial charge in [0, 0.05) is 16.7 Å². The first kappa shape index (κ1) is 13.4. The standard InChI is InChI=1S/C13H16FNO2S/c14-9-2-1-3-11(8-9)18-7-6-12(13(16)17)15-10-4-5-10/h1-3,8,10,12,15H,4-7H2,(H,16,17). The van der Waals surface area contributed by atoms with Gasteiger partial charge in [0.05, 0.1) is 0 Å². The van der Waals surface area contributed by atoms with Crippen molar-refractivity contribution in [3.8, 4) is 0 Å². The maximum atomic E-state index is 12.9. The lowest BCUT2D eigenvalue weighted by molar-refractivity contribution is -0.139. The highest BCUT2D eigenvalue weighted by molar-refractivity contribution is 7.99. The zero-order chi connectivity index (χ0) is 13.0. The molecule has 98 valence electrons. The number of aliphatic carboxylic acids is 1. The summed E-state index contributed by atoms with van der Waals surface area (Å²) in [4.78, 5) is 11.9. The van der Waals surface area contributed by atoms with Crippen LogP contribution >= 0.6 is 11.8 Å². The lowest BCUT2D eigenvalue weighted by Crippen LogP contribution is -2.38. The molecule has 0 aromatic heterocycles. The second kappa shape index (κ2) is 6.20. The normalized spacial score (nSPS) is 16.5. The van der Waals surface area contributed by atoms with Gasteiger partial charge in [-0.05, 0) is 37.5 Å². The van der Waals surface area contributed by atoms with E-state index in [0.717, 1.165) is 17.7 Å². The molecule has 1 aliphatic carbocycles. The number of carboxylic acids is 1. The first-order valence-electron chi connectivity index (χ1n) is 6.02. The highest BCUT2D eigenvalue weighted by atomic mass is 32.2. The van der Waals surface area contributed by atoms with Gasteiger partial charge in [0.1, 0.15) is 11.9 Å². The first-order valence-corrected chi connectivity index (χ1v) is 7.01. The van der Waals surface area contributed by atoms with Crippen LogP contribution in [0.5, 0.6) is 0 Å². The van der Waals surface area contributed by atoms with E-state index in [1.165, 1.54) is 23.9 Å². The Kier molecular flexibility index (Phi) is 4.60. The first-order chi connectivity index (χ1) is 8.65. The molecule has 0 aliphatic heterocycles. The zero-order valence-electron chi connectivity index (χ0n) is 9.93. The third-order valence-corrected chi connectivity index (χ3v) is 3.81. The number of halogens is 1. The van der Waals surface area contributed by atoms with Crippen molar-refractivity contribution < 1.29 is 14.3 Å². The minimum absolute atomic E-state index is 0.258. The van der Waals surface area contributed by atoms with Crippen LogP contribution in [0.2, 0.25) is 0 Å². The molecule has 1 atom stereocenters. The molecule has 2 N–H and O–H groups in total. The lowest BCUT2D eigenvalue weighted by Gasteiger charge is -2.13. The molecule has 1 unspecified atom stereocenters. The van der Waals surface area contributed by atoms with Crippen LogP contribution in [0.25, 0.3) is 0 Å². The predicted octanol–water partition coefficient (Wildman–Crippen LogP) is 2.51. The number of hydrogen-bond acceptors (Lipinski definition) is 3. The molecule has 0 amide bonds. The summed E-state index contributed by atoms with van der Waals surface area (Å²) in [6.45, 7) is 0. The van der Waals surface area contributed by atoms with Crippen LogP contribution in [-0.2, 0) is 4.79 Å². The van der Waals surface area contributed by atoms with Gasteiger partial charge >= 0.3 is 5.97 Å². The minimum atomic E-state index is -0.804. The summed E-state index contributed by atoms with van der Waals surface area (Å²) in [5.41, 5.74) is 0. The molecular formula is C13H16FNO2S. The molecule has 18 heavy (non-hydrogen) atoms. The van der Waals surface area contributed by atoms with E-state index in [-0.39, 0.29) is 5.82 Å². The topological polar surface area (TPSA) is 49.3 Å². The van der Waals surface area contributed by atoms with Crippen molar-refractivity contribution in [2.24, 2.45) is 0 Å². The molecule has 1 aromatic carbocycles. The van der Waals surface area contributed by atoms with E-state index in [9.17, 15) is 9.18 Å². The summed E-state index contributed by atoms with van der Waals surface area (Å²) in [6, 6.07) is 6.25. The fourth-order valence-electron chi connectivity index (χ4n) is 1.66. The van der Waals surface area contributed by atoms with Gasteiger partial charge in [-0.15, -0.1) is 11.8 Å². The van der Waals surface area contributed by atoms with Crippen LogP contribution in [0.3, 0.4) is 0 Å². The van der Waals surface area contributed by atoms with Crippen LogP contribution in [0.15, 0.2) is 29.2 Å². The maximum absolute atomic E-state index is 12.9. The van der Waals surface area contributed by atoms with E-state index in [2.05, 4.69) is 5.32 Å². The van der Waals surface area contributed by atoms with E-state index in [1.807, 2.05) is 6.07 Å². The third-order valence-electron chi connectivity index (χ3n) is 2.78. The van der Waals surface area contributed by atoms with Gasteiger partial charge < -0.3 is 10.4 Å².